The van der Waals surface area contributed by atoms with E-state index >= 15 is 0 Å². The van der Waals surface area contributed by atoms with Crippen LogP contribution in [0.25, 0.3) is 0 Å². The Labute approximate surface area is 76.4 Å². The first-order valence-corrected chi connectivity index (χ1v) is 4.50. The molecule has 0 saturated heterocycles. The molecule has 0 bridgehead atoms. The van der Waals surface area contributed by atoms with Crippen molar-refractivity contribution in [2.24, 2.45) is 4.99 Å². The number of hydrogen-bond donors (Lipinski definition) is 1. The molecule has 2 rings (SSSR count). The minimum Gasteiger partial charge on any atom is -0.352 e. The van der Waals surface area contributed by atoms with Gasteiger partial charge in [0.1, 0.15) is 4.64 Å². The van der Waals surface area contributed by atoms with Gasteiger partial charge in [0.15, 0.2) is 0 Å². The first kappa shape index (κ1) is 7.68. The zero-order valence-electron chi connectivity index (χ0n) is 6.71. The summed E-state index contributed by atoms with van der Waals surface area (Å²) in [4.78, 5) is 7.41. The van der Waals surface area contributed by atoms with Gasteiger partial charge in [-0.1, -0.05) is 12.2 Å². The Hall–Kier alpha value is -0.960. The number of hydrogen-bond acceptors (Lipinski definition) is 2. The van der Waals surface area contributed by atoms with E-state index in [1.807, 2.05) is 18.3 Å². The lowest BCUT2D eigenvalue weighted by Gasteiger charge is -1.98. The van der Waals surface area contributed by atoms with Crippen LogP contribution in [0.5, 0.6) is 0 Å². The van der Waals surface area contributed by atoms with Crippen molar-refractivity contribution in [2.45, 2.75) is 12.8 Å². The lowest BCUT2D eigenvalue weighted by molar-refractivity contribution is 0.951. The van der Waals surface area contributed by atoms with Gasteiger partial charge in [0.25, 0.3) is 0 Å². The molecule has 0 fully saturated rings. The van der Waals surface area contributed by atoms with Crippen LogP contribution in [0, 0.1) is 4.64 Å². The second kappa shape index (κ2) is 3.19. The molecule has 0 saturated carbocycles. The van der Waals surface area contributed by atoms with Crippen LogP contribution in [0.15, 0.2) is 23.3 Å². The van der Waals surface area contributed by atoms with Crippen molar-refractivity contribution >= 4 is 17.9 Å². The van der Waals surface area contributed by atoms with Crippen LogP contribution in [0.1, 0.15) is 18.4 Å². The lowest BCUT2D eigenvalue weighted by atomic mass is 10.1. The molecule has 0 spiro atoms. The number of nitrogens with zero attached hydrogens (tertiary/aromatic N) is 1. The minimum atomic E-state index is 0.804. The van der Waals surface area contributed by atoms with E-state index in [2.05, 4.69) is 9.98 Å². The molecule has 2 nitrogen and oxygen atoms in total. The summed E-state index contributed by atoms with van der Waals surface area (Å²) in [7, 11) is 0. The highest BCUT2D eigenvalue weighted by Gasteiger charge is 2.09. The predicted octanol–water partition coefficient (Wildman–Crippen LogP) is 2.33. The van der Waals surface area contributed by atoms with E-state index in [0.717, 1.165) is 28.9 Å². The molecule has 0 aromatic carbocycles. The third-order valence-electron chi connectivity index (χ3n) is 2.00. The van der Waals surface area contributed by atoms with Crippen LogP contribution in [-0.2, 0) is 0 Å². The smallest absolute Gasteiger partial charge is 0.112 e. The molecule has 0 amide bonds. The van der Waals surface area contributed by atoms with Crippen LogP contribution in [-0.4, -0.2) is 17.2 Å². The monoisotopic (exact) mass is 178 g/mol. The maximum atomic E-state index is 5.15. The fraction of sp³-hybridized carbons (Fsp3) is 0.333. The van der Waals surface area contributed by atoms with Crippen LogP contribution in [0.2, 0.25) is 0 Å². The zero-order valence-corrected chi connectivity index (χ0v) is 7.53. The molecule has 3 heteroatoms. The van der Waals surface area contributed by atoms with Gasteiger partial charge in [0.2, 0.25) is 0 Å². The average Bonchev–Trinajstić information content (AvgIpc) is 2.57. The van der Waals surface area contributed by atoms with Crippen LogP contribution >= 0.6 is 12.2 Å². The van der Waals surface area contributed by atoms with E-state index in [1.165, 1.54) is 6.42 Å². The topological polar surface area (TPSA) is 28.1 Å². The Balaban J connectivity index is 2.46. The number of nitrogens with one attached hydrogen (secondary N) is 1. The van der Waals surface area contributed by atoms with E-state index in [1.54, 1.807) is 0 Å². The summed E-state index contributed by atoms with van der Waals surface area (Å²) < 4.78 is 0.804. The zero-order chi connectivity index (χ0) is 8.39. The number of H-pyrrole nitrogens is 1. The molecular weight excluding hydrogens is 168 g/mol. The van der Waals surface area contributed by atoms with Crippen LogP contribution in [0.4, 0.5) is 0 Å². The number of aromatic amines is 1. The first-order valence-electron chi connectivity index (χ1n) is 4.09. The van der Waals surface area contributed by atoms with E-state index in [0.29, 0.717) is 0 Å². The van der Waals surface area contributed by atoms with Gasteiger partial charge in [-0.05, 0) is 25.0 Å². The van der Waals surface area contributed by atoms with Gasteiger partial charge in [0.05, 0.1) is 0 Å². The molecule has 2 heterocycles. The molecule has 62 valence electrons. The van der Waals surface area contributed by atoms with Gasteiger partial charge in [-0.3, -0.25) is 4.99 Å². The Morgan fingerprint density at radius 1 is 1.50 bits per heavy atom. The molecule has 1 aliphatic heterocycles. The normalized spacial score (nSPS) is 16.2. The largest absolute Gasteiger partial charge is 0.352 e. The highest BCUT2D eigenvalue weighted by molar-refractivity contribution is 7.71. The lowest BCUT2D eigenvalue weighted by Crippen LogP contribution is -1.97. The van der Waals surface area contributed by atoms with Crippen molar-refractivity contribution in [2.75, 3.05) is 6.54 Å². The molecule has 12 heavy (non-hydrogen) atoms. The van der Waals surface area contributed by atoms with Crippen molar-refractivity contribution in [3.63, 3.8) is 0 Å². The van der Waals surface area contributed by atoms with E-state index in [-0.39, 0.29) is 0 Å². The number of aliphatic imine (C=N–C) groups is 1. The fourth-order valence-corrected chi connectivity index (χ4v) is 1.66. The summed E-state index contributed by atoms with van der Waals surface area (Å²) >= 11 is 5.15. The van der Waals surface area contributed by atoms with E-state index in [9.17, 15) is 0 Å². The van der Waals surface area contributed by atoms with E-state index < -0.39 is 0 Å². The summed E-state index contributed by atoms with van der Waals surface area (Å²) in [6.07, 6.45) is 4.09. The van der Waals surface area contributed by atoms with Gasteiger partial charge in [-0.2, -0.15) is 0 Å². The second-order valence-corrected chi connectivity index (χ2v) is 3.25. The standard InChI is InChI=1S/C9H10N2S/c12-9-7(3-1-6-11-9)8-4-2-5-10-8/h1,3,6H,2,4-5H2,(H,11,12). The number of aromatic nitrogens is 1. The van der Waals surface area contributed by atoms with Gasteiger partial charge in [0, 0.05) is 24.0 Å². The second-order valence-electron chi connectivity index (χ2n) is 2.84. The molecule has 0 atom stereocenters. The molecule has 1 aromatic heterocycles. The highest BCUT2D eigenvalue weighted by Crippen LogP contribution is 2.12. The van der Waals surface area contributed by atoms with Gasteiger partial charge >= 0.3 is 0 Å². The van der Waals surface area contributed by atoms with Crippen molar-refractivity contribution in [3.8, 4) is 0 Å². The molecule has 0 aliphatic carbocycles. The minimum absolute atomic E-state index is 0.804. The van der Waals surface area contributed by atoms with Gasteiger partial charge in [-0.25, -0.2) is 0 Å². The van der Waals surface area contributed by atoms with Gasteiger partial charge in [-0.15, -0.1) is 0 Å². The highest BCUT2D eigenvalue weighted by atomic mass is 32.1. The Bertz CT molecular complexity index is 365. The van der Waals surface area contributed by atoms with Gasteiger partial charge < -0.3 is 4.98 Å². The first-order chi connectivity index (χ1) is 5.88. The molecule has 1 N–H and O–H groups in total. The molecule has 1 aromatic rings. The number of pyridine rings is 1. The van der Waals surface area contributed by atoms with Crippen molar-refractivity contribution in [3.05, 3.63) is 28.5 Å². The number of rotatable bonds is 1. The summed E-state index contributed by atoms with van der Waals surface area (Å²) in [6.45, 7) is 0.957. The predicted molar refractivity (Wildman–Crippen MR) is 52.3 cm³/mol. The maximum Gasteiger partial charge on any atom is 0.112 e. The molecule has 0 unspecified atom stereocenters. The molecule has 0 radical (unpaired) electrons. The summed E-state index contributed by atoms with van der Waals surface area (Å²) in [5, 5.41) is 0. The van der Waals surface area contributed by atoms with Crippen molar-refractivity contribution < 1.29 is 0 Å². The average molecular weight is 178 g/mol. The molecule has 1 aliphatic rings. The van der Waals surface area contributed by atoms with Crippen LogP contribution < -0.4 is 0 Å². The van der Waals surface area contributed by atoms with Crippen molar-refractivity contribution in [1.29, 1.82) is 0 Å². The summed E-state index contributed by atoms with van der Waals surface area (Å²) in [6, 6.07) is 3.99. The Morgan fingerprint density at radius 3 is 3.08 bits per heavy atom. The third kappa shape index (κ3) is 1.32. The third-order valence-corrected chi connectivity index (χ3v) is 2.34. The SMILES string of the molecule is S=c1[nH]cccc1C1=NCCC1. The van der Waals surface area contributed by atoms with Crippen LogP contribution in [0.3, 0.4) is 0 Å². The summed E-state index contributed by atoms with van der Waals surface area (Å²) in [5.41, 5.74) is 2.27. The summed E-state index contributed by atoms with van der Waals surface area (Å²) in [5.74, 6) is 0. The Kier molecular flexibility index (Phi) is 2.04. The quantitative estimate of drug-likeness (QED) is 0.657. The van der Waals surface area contributed by atoms with Crippen molar-refractivity contribution in [1.82, 2.24) is 4.98 Å². The fourth-order valence-electron chi connectivity index (χ4n) is 1.41. The Morgan fingerprint density at radius 2 is 2.42 bits per heavy atom. The van der Waals surface area contributed by atoms with E-state index in [4.69, 9.17) is 12.2 Å². The molecular formula is C9H10N2S. The maximum absolute atomic E-state index is 5.15.